The van der Waals surface area contributed by atoms with Crippen molar-refractivity contribution in [3.8, 4) is 5.75 Å². The van der Waals surface area contributed by atoms with E-state index in [1.807, 2.05) is 4.90 Å². The molecule has 1 heterocycles. The van der Waals surface area contributed by atoms with Crippen LogP contribution in [-0.4, -0.2) is 29.3 Å². The first-order chi connectivity index (χ1) is 9.29. The van der Waals surface area contributed by atoms with Crippen LogP contribution in [0.3, 0.4) is 0 Å². The highest BCUT2D eigenvalue weighted by atomic mass is 19.4. The number of phenolic OH excluding ortho intramolecular Hbond substituents is 1. The summed E-state index contributed by atoms with van der Waals surface area (Å²) in [5.74, 6) is -1.94. The molecule has 1 N–H and O–H groups in total. The number of halogens is 4. The van der Waals surface area contributed by atoms with Crippen molar-refractivity contribution in [2.24, 2.45) is 5.92 Å². The average Bonchev–Trinajstić information content (AvgIpc) is 2.37. The van der Waals surface area contributed by atoms with E-state index in [2.05, 4.69) is 0 Å². The van der Waals surface area contributed by atoms with E-state index in [1.165, 1.54) is 12.1 Å². The van der Waals surface area contributed by atoms with Crippen LogP contribution in [0.1, 0.15) is 31.4 Å². The number of piperidine rings is 1. The third-order valence-corrected chi connectivity index (χ3v) is 3.97. The Balaban J connectivity index is 2.03. The number of nitrogens with zero attached hydrogens (tertiary/aromatic N) is 1. The molecule has 1 unspecified atom stereocenters. The van der Waals surface area contributed by atoms with Gasteiger partial charge < -0.3 is 5.11 Å². The smallest absolute Gasteiger partial charge is 0.391 e. The zero-order chi connectivity index (χ0) is 14.9. The second kappa shape index (κ2) is 5.60. The van der Waals surface area contributed by atoms with Gasteiger partial charge in [0.15, 0.2) is 0 Å². The van der Waals surface area contributed by atoms with Crippen LogP contribution in [0.2, 0.25) is 0 Å². The van der Waals surface area contributed by atoms with Gasteiger partial charge >= 0.3 is 6.18 Å². The van der Waals surface area contributed by atoms with Gasteiger partial charge in [0, 0.05) is 17.7 Å². The minimum atomic E-state index is -4.14. The molecule has 0 radical (unpaired) electrons. The first kappa shape index (κ1) is 15.1. The quantitative estimate of drug-likeness (QED) is 0.836. The monoisotopic (exact) mass is 291 g/mol. The van der Waals surface area contributed by atoms with Gasteiger partial charge in [-0.1, -0.05) is 6.07 Å². The van der Waals surface area contributed by atoms with Crippen molar-refractivity contribution in [3.63, 3.8) is 0 Å². The SMILES string of the molecule is CC(c1ccc(O)cc1F)N1CCC(C(F)(F)F)CC1. The minimum Gasteiger partial charge on any atom is -0.508 e. The van der Waals surface area contributed by atoms with Gasteiger partial charge in [-0.3, -0.25) is 4.90 Å². The Morgan fingerprint density at radius 1 is 1.25 bits per heavy atom. The Morgan fingerprint density at radius 2 is 1.85 bits per heavy atom. The molecule has 0 spiro atoms. The number of alkyl halides is 3. The van der Waals surface area contributed by atoms with Gasteiger partial charge in [0.2, 0.25) is 0 Å². The Hall–Kier alpha value is -1.30. The lowest BCUT2D eigenvalue weighted by atomic mass is 9.94. The van der Waals surface area contributed by atoms with Crippen molar-refractivity contribution in [1.82, 2.24) is 4.90 Å². The molecule has 0 bridgehead atoms. The van der Waals surface area contributed by atoms with E-state index >= 15 is 0 Å². The van der Waals surface area contributed by atoms with Gasteiger partial charge in [0.25, 0.3) is 0 Å². The number of rotatable bonds is 2. The van der Waals surface area contributed by atoms with E-state index in [9.17, 15) is 22.7 Å². The maximum absolute atomic E-state index is 13.8. The maximum Gasteiger partial charge on any atom is 0.391 e. The molecule has 6 heteroatoms. The summed E-state index contributed by atoms with van der Waals surface area (Å²) >= 11 is 0. The number of likely N-dealkylation sites (tertiary alicyclic amines) is 1. The largest absolute Gasteiger partial charge is 0.508 e. The summed E-state index contributed by atoms with van der Waals surface area (Å²) in [5, 5.41) is 9.18. The lowest BCUT2D eigenvalue weighted by molar-refractivity contribution is -0.186. The Morgan fingerprint density at radius 3 is 2.35 bits per heavy atom. The second-order valence-electron chi connectivity index (χ2n) is 5.23. The van der Waals surface area contributed by atoms with E-state index < -0.39 is 17.9 Å². The van der Waals surface area contributed by atoms with E-state index in [4.69, 9.17) is 0 Å². The molecular weight excluding hydrogens is 274 g/mol. The summed E-state index contributed by atoms with van der Waals surface area (Å²) in [6.45, 7) is 2.36. The molecule has 2 nitrogen and oxygen atoms in total. The van der Waals surface area contributed by atoms with E-state index in [0.717, 1.165) is 6.07 Å². The third-order valence-electron chi connectivity index (χ3n) is 3.97. The lowest BCUT2D eigenvalue weighted by Gasteiger charge is -2.36. The highest BCUT2D eigenvalue weighted by Gasteiger charge is 2.41. The molecule has 1 aliphatic heterocycles. The summed E-state index contributed by atoms with van der Waals surface area (Å²) < 4.78 is 51.5. The number of benzene rings is 1. The molecule has 0 aromatic heterocycles. The van der Waals surface area contributed by atoms with Gasteiger partial charge in [-0.25, -0.2) is 4.39 Å². The molecule has 1 saturated heterocycles. The van der Waals surface area contributed by atoms with Crippen molar-refractivity contribution in [2.75, 3.05) is 13.1 Å². The molecule has 0 aliphatic carbocycles. The standard InChI is InChI=1S/C14H17F4NO/c1-9(12-3-2-11(20)8-13(12)15)19-6-4-10(5-7-19)14(16,17)18/h2-3,8-10,20H,4-7H2,1H3. The van der Waals surface area contributed by atoms with Gasteiger partial charge in [-0.2, -0.15) is 13.2 Å². The fraction of sp³-hybridized carbons (Fsp3) is 0.571. The van der Waals surface area contributed by atoms with Crippen LogP contribution >= 0.6 is 0 Å². The predicted octanol–water partition coefficient (Wildman–Crippen LogP) is 3.87. The molecule has 2 rings (SSSR count). The van der Waals surface area contributed by atoms with Gasteiger partial charge in [0.1, 0.15) is 11.6 Å². The Kier molecular flexibility index (Phi) is 4.22. The fourth-order valence-corrected chi connectivity index (χ4v) is 2.67. The van der Waals surface area contributed by atoms with Gasteiger partial charge in [0.05, 0.1) is 5.92 Å². The highest BCUT2D eigenvalue weighted by molar-refractivity contribution is 5.29. The van der Waals surface area contributed by atoms with E-state index in [-0.39, 0.29) is 24.6 Å². The number of phenols is 1. The zero-order valence-corrected chi connectivity index (χ0v) is 11.1. The maximum atomic E-state index is 13.8. The summed E-state index contributed by atoms with van der Waals surface area (Å²) in [6, 6.07) is 3.58. The molecule has 1 fully saturated rings. The minimum absolute atomic E-state index is 0.0491. The number of hydrogen-bond donors (Lipinski definition) is 1. The molecule has 112 valence electrons. The van der Waals surface area contributed by atoms with Gasteiger partial charge in [-0.15, -0.1) is 0 Å². The fourth-order valence-electron chi connectivity index (χ4n) is 2.67. The highest BCUT2D eigenvalue weighted by Crippen LogP contribution is 2.36. The number of hydrogen-bond acceptors (Lipinski definition) is 2. The van der Waals surface area contributed by atoms with Crippen LogP contribution in [0.25, 0.3) is 0 Å². The summed E-state index contributed by atoms with van der Waals surface area (Å²) in [6.07, 6.45) is -4.04. The zero-order valence-electron chi connectivity index (χ0n) is 11.1. The van der Waals surface area contributed by atoms with Crippen LogP contribution in [0.4, 0.5) is 17.6 Å². The van der Waals surface area contributed by atoms with Crippen molar-refractivity contribution in [1.29, 1.82) is 0 Å². The molecule has 1 atom stereocenters. The van der Waals surface area contributed by atoms with Crippen LogP contribution in [0, 0.1) is 11.7 Å². The summed E-state index contributed by atoms with van der Waals surface area (Å²) in [4.78, 5) is 1.84. The average molecular weight is 291 g/mol. The molecule has 0 amide bonds. The first-order valence-corrected chi connectivity index (χ1v) is 6.58. The van der Waals surface area contributed by atoms with Gasteiger partial charge in [-0.05, 0) is 38.9 Å². The summed E-state index contributed by atoms with van der Waals surface area (Å²) in [5.41, 5.74) is 0.397. The summed E-state index contributed by atoms with van der Waals surface area (Å²) in [7, 11) is 0. The van der Waals surface area contributed by atoms with Crippen molar-refractivity contribution in [3.05, 3.63) is 29.6 Å². The second-order valence-corrected chi connectivity index (χ2v) is 5.23. The molecule has 1 aromatic carbocycles. The van der Waals surface area contributed by atoms with Crippen molar-refractivity contribution in [2.45, 2.75) is 32.0 Å². The Labute approximate surface area is 115 Å². The Bertz CT molecular complexity index is 467. The molecule has 1 aliphatic rings. The topological polar surface area (TPSA) is 23.5 Å². The number of aromatic hydroxyl groups is 1. The van der Waals surface area contributed by atoms with Crippen molar-refractivity contribution < 1.29 is 22.7 Å². The molecule has 20 heavy (non-hydrogen) atoms. The molecule has 1 aromatic rings. The van der Waals surface area contributed by atoms with Crippen LogP contribution < -0.4 is 0 Å². The van der Waals surface area contributed by atoms with Crippen LogP contribution in [0.5, 0.6) is 5.75 Å². The van der Waals surface area contributed by atoms with E-state index in [1.54, 1.807) is 6.92 Å². The van der Waals surface area contributed by atoms with Crippen LogP contribution in [0.15, 0.2) is 18.2 Å². The first-order valence-electron chi connectivity index (χ1n) is 6.58. The van der Waals surface area contributed by atoms with Crippen LogP contribution in [-0.2, 0) is 0 Å². The van der Waals surface area contributed by atoms with Crippen molar-refractivity contribution >= 4 is 0 Å². The molecule has 0 saturated carbocycles. The van der Waals surface area contributed by atoms with E-state index in [0.29, 0.717) is 18.7 Å². The lowest BCUT2D eigenvalue weighted by Crippen LogP contribution is -2.40. The normalized spacial score (nSPS) is 20.1. The molecular formula is C14H17F4NO. The third kappa shape index (κ3) is 3.23. The predicted molar refractivity (Wildman–Crippen MR) is 66.8 cm³/mol.